The molecule has 0 aromatic carbocycles. The monoisotopic (exact) mass is 319 g/mol. The van der Waals surface area contributed by atoms with Crippen molar-refractivity contribution in [3.8, 4) is 0 Å². The Morgan fingerprint density at radius 3 is 2.00 bits per heavy atom. The fourth-order valence-electron chi connectivity index (χ4n) is 3.15. The lowest BCUT2D eigenvalue weighted by Crippen LogP contribution is -2.63. The molecular formula is C12H23N4O6+. The Kier molecular flexibility index (Phi) is 5.19. The summed E-state index contributed by atoms with van der Waals surface area (Å²) in [7, 11) is 5.99. The minimum Gasteiger partial charge on any atom is -0.364 e. The van der Waals surface area contributed by atoms with E-state index in [0.29, 0.717) is 0 Å². The van der Waals surface area contributed by atoms with Crippen molar-refractivity contribution in [3.63, 3.8) is 0 Å². The minimum atomic E-state index is -0.527. The van der Waals surface area contributed by atoms with E-state index in [0.717, 1.165) is 0 Å². The third-order valence-corrected chi connectivity index (χ3v) is 3.86. The zero-order chi connectivity index (χ0) is 16.3. The summed E-state index contributed by atoms with van der Waals surface area (Å²) < 4.78 is 20.5. The lowest BCUT2D eigenvalue weighted by atomic mass is 10.3. The number of nitrogens with zero attached hydrogens (tertiary/aromatic N) is 3. The number of carbonyl (C=O) groups excluding carboxylic acids is 2. The molecule has 0 radical (unpaired) electrons. The van der Waals surface area contributed by atoms with E-state index in [2.05, 4.69) is 5.32 Å². The molecule has 126 valence electrons. The van der Waals surface area contributed by atoms with Crippen LogP contribution in [0, 0.1) is 0 Å². The van der Waals surface area contributed by atoms with Gasteiger partial charge >= 0.3 is 12.1 Å². The van der Waals surface area contributed by atoms with E-state index in [1.165, 1.54) is 38.2 Å². The van der Waals surface area contributed by atoms with Gasteiger partial charge in [0.15, 0.2) is 19.6 Å². The van der Waals surface area contributed by atoms with Crippen LogP contribution in [-0.4, -0.2) is 94.0 Å². The Morgan fingerprint density at radius 2 is 1.50 bits per heavy atom. The van der Waals surface area contributed by atoms with Crippen molar-refractivity contribution < 1.29 is 33.0 Å². The summed E-state index contributed by atoms with van der Waals surface area (Å²) in [4.78, 5) is 28.0. The summed E-state index contributed by atoms with van der Waals surface area (Å²) in [5, 5.41) is 2.79. The van der Waals surface area contributed by atoms with E-state index in [-0.39, 0.29) is 43.5 Å². The Morgan fingerprint density at radius 1 is 0.955 bits per heavy atom. The largest absolute Gasteiger partial charge is 0.428 e. The second-order valence-electron chi connectivity index (χ2n) is 5.24. The molecule has 2 unspecified atom stereocenters. The second-order valence-corrected chi connectivity index (χ2v) is 5.24. The van der Waals surface area contributed by atoms with E-state index >= 15 is 0 Å². The Labute approximate surface area is 129 Å². The average molecular weight is 319 g/mol. The van der Waals surface area contributed by atoms with Gasteiger partial charge in [-0.3, -0.25) is 0 Å². The smallest absolute Gasteiger partial charge is 0.364 e. The molecule has 22 heavy (non-hydrogen) atoms. The molecule has 2 atom stereocenters. The number of amides is 4. The number of hydrogen-bond acceptors (Lipinski definition) is 6. The number of ether oxygens (including phenoxy) is 4. The molecule has 2 saturated heterocycles. The molecule has 2 rings (SSSR count). The summed E-state index contributed by atoms with van der Waals surface area (Å²) in [6, 6.07) is -0.540. The third kappa shape index (κ3) is 2.42. The van der Waals surface area contributed by atoms with Crippen LogP contribution in [0.3, 0.4) is 0 Å². The molecule has 0 saturated carbocycles. The number of quaternary nitrogens is 1. The van der Waals surface area contributed by atoms with Crippen molar-refractivity contribution >= 4 is 12.1 Å². The first-order valence-corrected chi connectivity index (χ1v) is 6.78. The van der Waals surface area contributed by atoms with Gasteiger partial charge in [-0.25, -0.2) is 19.4 Å². The SMILES string of the molecule is COCN1C(=O)[N+](COC)(COC)C2C1NC(=O)N2COC. The maximum Gasteiger partial charge on any atom is 0.428 e. The molecule has 0 spiro atoms. The Bertz CT molecular complexity index is 424. The highest BCUT2D eigenvalue weighted by Gasteiger charge is 2.67. The molecule has 10 nitrogen and oxygen atoms in total. The number of nitrogens with one attached hydrogen (secondary N) is 1. The summed E-state index contributed by atoms with van der Waals surface area (Å²) in [5.74, 6) is 0. The maximum absolute atomic E-state index is 12.9. The standard InChI is InChI=1S/C12H22N4O6/c1-19-5-14-9-10(15(6-20-2)11(17)13-9)16(7-21-3,8-22-4)12(14)18/h9-10H,5-8H2,1-4H3/p+1. The number of urea groups is 2. The zero-order valence-corrected chi connectivity index (χ0v) is 13.3. The van der Waals surface area contributed by atoms with Crippen molar-refractivity contribution in [2.45, 2.75) is 12.3 Å². The highest BCUT2D eigenvalue weighted by Crippen LogP contribution is 2.35. The molecular weight excluding hydrogens is 296 g/mol. The van der Waals surface area contributed by atoms with Crippen LogP contribution in [0.15, 0.2) is 0 Å². The maximum atomic E-state index is 12.9. The van der Waals surface area contributed by atoms with Crippen molar-refractivity contribution in [1.82, 2.24) is 15.1 Å². The van der Waals surface area contributed by atoms with Gasteiger partial charge in [-0.1, -0.05) is 0 Å². The van der Waals surface area contributed by atoms with Gasteiger partial charge in [-0.05, 0) is 0 Å². The van der Waals surface area contributed by atoms with Crippen LogP contribution in [0.1, 0.15) is 0 Å². The van der Waals surface area contributed by atoms with E-state index in [1.807, 2.05) is 0 Å². The van der Waals surface area contributed by atoms with Gasteiger partial charge in [0, 0.05) is 28.4 Å². The molecule has 1 N–H and O–H groups in total. The van der Waals surface area contributed by atoms with Crippen LogP contribution >= 0.6 is 0 Å². The minimum absolute atomic E-state index is 0.0640. The molecule has 2 aliphatic heterocycles. The van der Waals surface area contributed by atoms with E-state index in [9.17, 15) is 9.59 Å². The van der Waals surface area contributed by atoms with E-state index in [4.69, 9.17) is 18.9 Å². The van der Waals surface area contributed by atoms with Crippen LogP contribution in [0.5, 0.6) is 0 Å². The zero-order valence-electron chi connectivity index (χ0n) is 13.3. The third-order valence-electron chi connectivity index (χ3n) is 3.86. The van der Waals surface area contributed by atoms with Crippen LogP contribution in [0.25, 0.3) is 0 Å². The van der Waals surface area contributed by atoms with Crippen LogP contribution in [0.2, 0.25) is 0 Å². The molecule has 2 aliphatic rings. The lowest BCUT2D eigenvalue weighted by molar-refractivity contribution is -0.913. The number of rotatable bonds is 8. The van der Waals surface area contributed by atoms with Gasteiger partial charge in [-0.2, -0.15) is 4.48 Å². The van der Waals surface area contributed by atoms with Crippen molar-refractivity contribution in [2.75, 3.05) is 55.4 Å². The van der Waals surface area contributed by atoms with Gasteiger partial charge in [0.1, 0.15) is 13.5 Å². The predicted molar refractivity (Wildman–Crippen MR) is 72.9 cm³/mol. The normalized spacial score (nSPS) is 26.5. The van der Waals surface area contributed by atoms with Gasteiger partial charge < -0.3 is 24.3 Å². The molecule has 4 amide bonds. The summed E-state index contributed by atoms with van der Waals surface area (Å²) in [6.07, 6.45) is -1.05. The summed E-state index contributed by atoms with van der Waals surface area (Å²) in [5.41, 5.74) is 0. The molecule has 2 heterocycles. The van der Waals surface area contributed by atoms with Crippen molar-refractivity contribution in [3.05, 3.63) is 0 Å². The second kappa shape index (κ2) is 6.75. The predicted octanol–water partition coefficient (Wildman–Crippen LogP) is -0.668. The summed E-state index contributed by atoms with van der Waals surface area (Å²) in [6.45, 7) is 0.273. The highest BCUT2D eigenvalue weighted by molar-refractivity contribution is 5.81. The van der Waals surface area contributed by atoms with Gasteiger partial charge in [0.2, 0.25) is 6.17 Å². The van der Waals surface area contributed by atoms with Gasteiger partial charge in [-0.15, -0.1) is 0 Å². The molecule has 2 fully saturated rings. The van der Waals surface area contributed by atoms with Crippen LogP contribution in [-0.2, 0) is 18.9 Å². The number of hydrogen-bond donors (Lipinski definition) is 1. The van der Waals surface area contributed by atoms with Crippen LogP contribution < -0.4 is 5.32 Å². The molecule has 0 aliphatic carbocycles. The molecule has 0 aromatic heterocycles. The van der Waals surface area contributed by atoms with E-state index in [1.54, 1.807) is 0 Å². The highest BCUT2D eigenvalue weighted by atomic mass is 16.5. The number of methoxy groups -OCH3 is 4. The topological polar surface area (TPSA) is 89.6 Å². The first kappa shape index (κ1) is 16.9. The van der Waals surface area contributed by atoms with Crippen molar-refractivity contribution in [1.29, 1.82) is 0 Å². The lowest BCUT2D eigenvalue weighted by Gasteiger charge is -2.36. The van der Waals surface area contributed by atoms with Crippen LogP contribution in [0.4, 0.5) is 9.59 Å². The first-order chi connectivity index (χ1) is 10.6. The van der Waals surface area contributed by atoms with Gasteiger partial charge in [0.05, 0.1) is 0 Å². The molecule has 0 bridgehead atoms. The quantitative estimate of drug-likeness (QED) is 0.597. The molecule has 10 heteroatoms. The summed E-state index contributed by atoms with van der Waals surface area (Å²) >= 11 is 0. The van der Waals surface area contributed by atoms with Gasteiger partial charge in [0.25, 0.3) is 0 Å². The fraction of sp³-hybridized carbons (Fsp3) is 0.833. The number of fused-ring (bicyclic) bond motifs is 1. The first-order valence-electron chi connectivity index (χ1n) is 6.78. The number of carbonyl (C=O) groups is 2. The Hall–Kier alpha value is -1.46. The van der Waals surface area contributed by atoms with E-state index < -0.39 is 12.3 Å². The Balaban J connectivity index is 2.44. The average Bonchev–Trinajstić information content (AvgIpc) is 2.90. The fourth-order valence-corrected chi connectivity index (χ4v) is 3.15. The van der Waals surface area contributed by atoms with Crippen molar-refractivity contribution in [2.24, 2.45) is 0 Å². The molecule has 0 aromatic rings.